The first-order chi connectivity index (χ1) is 7.74. The zero-order chi connectivity index (χ0) is 11.1. The van der Waals surface area contributed by atoms with E-state index in [0.717, 1.165) is 26.9 Å². The van der Waals surface area contributed by atoms with Crippen LogP contribution in [0.3, 0.4) is 0 Å². The van der Waals surface area contributed by atoms with Crippen LogP contribution in [-0.2, 0) is 0 Å². The Morgan fingerprint density at radius 2 is 2.25 bits per heavy atom. The number of pyridine rings is 1. The lowest BCUT2D eigenvalue weighted by Crippen LogP contribution is -1.85. The van der Waals surface area contributed by atoms with Crippen LogP contribution in [0.2, 0.25) is 0 Å². The Balaban J connectivity index is 2.17. The van der Waals surface area contributed by atoms with Crippen molar-refractivity contribution < 1.29 is 0 Å². The number of nitrogens with two attached hydrogens (primary N) is 1. The molecule has 2 N–H and O–H groups in total. The Labute approximate surface area is 96.4 Å². The maximum Gasteiger partial charge on any atom is 0.136 e. The molecule has 80 valence electrons. The number of aromatic nitrogens is 3. The molecule has 0 spiro atoms. The maximum atomic E-state index is 5.81. The summed E-state index contributed by atoms with van der Waals surface area (Å²) in [4.78, 5) is 8.63. The number of hydrogen-bond acceptors (Lipinski definition) is 4. The Morgan fingerprint density at radius 3 is 3.00 bits per heavy atom. The van der Waals surface area contributed by atoms with Crippen LogP contribution in [0.5, 0.6) is 0 Å². The van der Waals surface area contributed by atoms with E-state index < -0.39 is 0 Å². The van der Waals surface area contributed by atoms with Crippen LogP contribution < -0.4 is 5.73 Å². The van der Waals surface area contributed by atoms with Gasteiger partial charge in [-0.05, 0) is 19.1 Å². The lowest BCUT2D eigenvalue weighted by molar-refractivity contribution is 1.18. The quantitative estimate of drug-likeness (QED) is 0.698. The van der Waals surface area contributed by atoms with Crippen molar-refractivity contribution in [3.63, 3.8) is 0 Å². The van der Waals surface area contributed by atoms with Crippen molar-refractivity contribution in [1.82, 2.24) is 14.4 Å². The first-order valence-electron chi connectivity index (χ1n) is 4.90. The minimum absolute atomic E-state index is 0.778. The molecule has 0 atom stereocenters. The predicted molar refractivity (Wildman–Crippen MR) is 65.4 cm³/mol. The van der Waals surface area contributed by atoms with E-state index >= 15 is 0 Å². The van der Waals surface area contributed by atoms with Crippen molar-refractivity contribution in [3.8, 4) is 10.6 Å². The fraction of sp³-hybridized carbons (Fsp3) is 0.0909. The van der Waals surface area contributed by atoms with Crippen molar-refractivity contribution in [2.75, 3.05) is 5.73 Å². The average Bonchev–Trinajstić information content (AvgIpc) is 2.85. The van der Waals surface area contributed by atoms with E-state index in [1.54, 1.807) is 6.20 Å². The van der Waals surface area contributed by atoms with Gasteiger partial charge in [0.05, 0.1) is 5.69 Å². The van der Waals surface area contributed by atoms with Gasteiger partial charge in [-0.15, -0.1) is 0 Å². The molecule has 5 heteroatoms. The normalized spacial score (nSPS) is 11.1. The van der Waals surface area contributed by atoms with E-state index in [-0.39, 0.29) is 0 Å². The van der Waals surface area contributed by atoms with Crippen molar-refractivity contribution in [3.05, 3.63) is 36.4 Å². The van der Waals surface area contributed by atoms with E-state index in [1.807, 2.05) is 35.9 Å². The minimum atomic E-state index is 0.778. The third kappa shape index (κ3) is 1.37. The SMILES string of the molecule is Cc1nc(-c2ccc3nccn3c2)sc1N. The number of thiazole rings is 1. The summed E-state index contributed by atoms with van der Waals surface area (Å²) in [5.74, 6) is 0. The summed E-state index contributed by atoms with van der Waals surface area (Å²) >= 11 is 1.51. The van der Waals surface area contributed by atoms with Gasteiger partial charge in [-0.3, -0.25) is 0 Å². The van der Waals surface area contributed by atoms with Gasteiger partial charge in [0.15, 0.2) is 0 Å². The monoisotopic (exact) mass is 230 g/mol. The fourth-order valence-electron chi connectivity index (χ4n) is 1.58. The molecule has 3 aromatic heterocycles. The van der Waals surface area contributed by atoms with Gasteiger partial charge in [0.1, 0.15) is 15.7 Å². The molecule has 3 rings (SSSR count). The number of aryl methyl sites for hydroxylation is 1. The van der Waals surface area contributed by atoms with Crippen molar-refractivity contribution in [1.29, 1.82) is 0 Å². The minimum Gasteiger partial charge on any atom is -0.389 e. The van der Waals surface area contributed by atoms with Gasteiger partial charge in [0, 0.05) is 24.2 Å². The van der Waals surface area contributed by atoms with E-state index in [2.05, 4.69) is 9.97 Å². The van der Waals surface area contributed by atoms with E-state index in [9.17, 15) is 0 Å². The summed E-state index contributed by atoms with van der Waals surface area (Å²) in [7, 11) is 0. The molecule has 0 aliphatic carbocycles. The average molecular weight is 230 g/mol. The first-order valence-corrected chi connectivity index (χ1v) is 5.72. The Morgan fingerprint density at radius 1 is 1.38 bits per heavy atom. The number of nitrogens with zero attached hydrogens (tertiary/aromatic N) is 3. The standard InChI is InChI=1S/C11H10N4S/c1-7-10(12)16-11(14-7)8-2-3-9-13-4-5-15(9)6-8/h2-6H,12H2,1H3. The van der Waals surface area contributed by atoms with Crippen LogP contribution >= 0.6 is 11.3 Å². The summed E-state index contributed by atoms with van der Waals surface area (Å²) in [5, 5.41) is 1.73. The molecule has 0 saturated carbocycles. The molecule has 0 saturated heterocycles. The highest BCUT2D eigenvalue weighted by molar-refractivity contribution is 7.18. The number of anilines is 1. The summed E-state index contributed by atoms with van der Waals surface area (Å²) in [5.41, 5.74) is 8.70. The topological polar surface area (TPSA) is 56.2 Å². The highest BCUT2D eigenvalue weighted by atomic mass is 32.1. The Bertz CT molecular complexity index is 633. The molecule has 3 heterocycles. The molecule has 0 fully saturated rings. The molecule has 0 aromatic carbocycles. The van der Waals surface area contributed by atoms with E-state index in [0.29, 0.717) is 0 Å². The smallest absolute Gasteiger partial charge is 0.136 e. The molecule has 4 nitrogen and oxygen atoms in total. The second-order valence-corrected chi connectivity index (χ2v) is 4.61. The fourth-order valence-corrected chi connectivity index (χ4v) is 2.40. The van der Waals surface area contributed by atoms with Crippen LogP contribution in [0, 0.1) is 6.92 Å². The van der Waals surface area contributed by atoms with Gasteiger partial charge in [-0.25, -0.2) is 9.97 Å². The molecule has 0 bridgehead atoms. The summed E-state index contributed by atoms with van der Waals surface area (Å²) < 4.78 is 1.97. The lowest BCUT2D eigenvalue weighted by Gasteiger charge is -1.97. The van der Waals surface area contributed by atoms with Crippen LogP contribution in [0.4, 0.5) is 5.00 Å². The van der Waals surface area contributed by atoms with Gasteiger partial charge in [-0.2, -0.15) is 0 Å². The third-order valence-corrected chi connectivity index (χ3v) is 3.50. The summed E-state index contributed by atoms with van der Waals surface area (Å²) in [6.07, 6.45) is 5.71. The van der Waals surface area contributed by atoms with Crippen molar-refractivity contribution >= 4 is 22.0 Å². The van der Waals surface area contributed by atoms with E-state index in [1.165, 1.54) is 11.3 Å². The third-order valence-electron chi connectivity index (χ3n) is 2.47. The van der Waals surface area contributed by atoms with E-state index in [4.69, 9.17) is 5.73 Å². The highest BCUT2D eigenvalue weighted by Gasteiger charge is 2.07. The zero-order valence-corrected chi connectivity index (χ0v) is 9.53. The van der Waals surface area contributed by atoms with Gasteiger partial charge in [0.25, 0.3) is 0 Å². The van der Waals surface area contributed by atoms with Gasteiger partial charge < -0.3 is 10.1 Å². The molecule has 0 amide bonds. The summed E-state index contributed by atoms with van der Waals surface area (Å²) in [6, 6.07) is 3.99. The molecule has 0 aliphatic rings. The molecular formula is C11H10N4S. The largest absolute Gasteiger partial charge is 0.389 e. The van der Waals surface area contributed by atoms with Crippen molar-refractivity contribution in [2.24, 2.45) is 0 Å². The lowest BCUT2D eigenvalue weighted by atomic mass is 10.3. The second-order valence-electron chi connectivity index (χ2n) is 3.58. The van der Waals surface area contributed by atoms with Crippen LogP contribution in [0.25, 0.3) is 16.2 Å². The molecule has 16 heavy (non-hydrogen) atoms. The first kappa shape index (κ1) is 9.35. The second kappa shape index (κ2) is 3.31. The molecule has 0 aliphatic heterocycles. The number of rotatable bonds is 1. The molecule has 0 unspecified atom stereocenters. The number of hydrogen-bond donors (Lipinski definition) is 1. The summed E-state index contributed by atoms with van der Waals surface area (Å²) in [6.45, 7) is 1.92. The van der Waals surface area contributed by atoms with Crippen molar-refractivity contribution in [2.45, 2.75) is 6.92 Å². The van der Waals surface area contributed by atoms with Gasteiger partial charge in [-0.1, -0.05) is 11.3 Å². The molecule has 0 radical (unpaired) electrons. The van der Waals surface area contributed by atoms with Crippen LogP contribution in [-0.4, -0.2) is 14.4 Å². The number of fused-ring (bicyclic) bond motifs is 1. The van der Waals surface area contributed by atoms with Crippen LogP contribution in [0.1, 0.15) is 5.69 Å². The Hall–Kier alpha value is -1.88. The highest BCUT2D eigenvalue weighted by Crippen LogP contribution is 2.29. The number of imidazole rings is 1. The van der Waals surface area contributed by atoms with Gasteiger partial charge >= 0.3 is 0 Å². The molecule has 3 aromatic rings. The van der Waals surface area contributed by atoms with Gasteiger partial charge in [0.2, 0.25) is 0 Å². The zero-order valence-electron chi connectivity index (χ0n) is 8.71. The maximum absolute atomic E-state index is 5.81. The predicted octanol–water partition coefficient (Wildman–Crippen LogP) is 2.35. The van der Waals surface area contributed by atoms with Crippen LogP contribution in [0.15, 0.2) is 30.7 Å². The molecular weight excluding hydrogens is 220 g/mol. The number of nitrogen functional groups attached to an aromatic ring is 1. The Kier molecular flexibility index (Phi) is 1.94.